The second-order valence-corrected chi connectivity index (χ2v) is 11.2. The number of rotatable bonds is 6. The number of carbonyl (C=O) groups excluding carboxylic acids is 2. The van der Waals surface area contributed by atoms with E-state index in [2.05, 4.69) is 6.92 Å². The van der Waals surface area contributed by atoms with Crippen LogP contribution in [0, 0.1) is 10.8 Å². The van der Waals surface area contributed by atoms with Crippen molar-refractivity contribution in [3.05, 3.63) is 89.5 Å². The van der Waals surface area contributed by atoms with Crippen LogP contribution in [0.2, 0.25) is 0 Å². The van der Waals surface area contributed by atoms with Crippen molar-refractivity contribution in [2.45, 2.75) is 53.9 Å². The first kappa shape index (κ1) is 27.0. The Morgan fingerprint density at radius 3 is 1.03 bits per heavy atom. The Kier molecular flexibility index (Phi) is 7.63. The van der Waals surface area contributed by atoms with Gasteiger partial charge >= 0.3 is 11.9 Å². The van der Waals surface area contributed by atoms with E-state index in [4.69, 9.17) is 14.2 Å². The van der Waals surface area contributed by atoms with Gasteiger partial charge in [-0.3, -0.25) is 9.59 Å². The molecule has 0 heterocycles. The third kappa shape index (κ3) is 5.96. The lowest BCUT2D eigenvalue weighted by Crippen LogP contribution is -2.27. The van der Waals surface area contributed by atoms with Crippen molar-refractivity contribution < 1.29 is 23.8 Å². The van der Waals surface area contributed by atoms with Gasteiger partial charge in [0.1, 0.15) is 17.2 Å². The van der Waals surface area contributed by atoms with E-state index in [1.807, 2.05) is 114 Å². The average Bonchev–Trinajstić information content (AvgIpc) is 2.83. The van der Waals surface area contributed by atoms with E-state index in [0.29, 0.717) is 11.5 Å². The molecule has 0 amide bonds. The van der Waals surface area contributed by atoms with Crippen LogP contribution in [0.3, 0.4) is 0 Å². The van der Waals surface area contributed by atoms with Crippen molar-refractivity contribution in [3.8, 4) is 17.2 Å². The number of hydrogen-bond acceptors (Lipinski definition) is 5. The molecule has 0 aliphatic rings. The Morgan fingerprint density at radius 2 is 0.778 bits per heavy atom. The van der Waals surface area contributed by atoms with Gasteiger partial charge in [0, 0.05) is 5.41 Å². The average molecular weight is 489 g/mol. The standard InChI is InChI=1S/C31H36O5/c1-29(2,3)27(32)35-25-17-11-22(12-18-25)31(7,21-9-15-24(34-8)16-10-21)23-13-19-26(20-14-23)36-28(33)30(4,5)6/h9-20H,1-8H3. The van der Waals surface area contributed by atoms with E-state index in [1.54, 1.807) is 7.11 Å². The molecular weight excluding hydrogens is 452 g/mol. The zero-order valence-electron chi connectivity index (χ0n) is 22.5. The molecule has 0 aliphatic carbocycles. The Balaban J connectivity index is 2.01. The first-order valence-corrected chi connectivity index (χ1v) is 12.1. The van der Waals surface area contributed by atoms with Gasteiger partial charge in [-0.15, -0.1) is 0 Å². The Labute approximate surface area is 214 Å². The van der Waals surface area contributed by atoms with Crippen LogP contribution in [0.5, 0.6) is 17.2 Å². The molecule has 0 fully saturated rings. The SMILES string of the molecule is COc1ccc(C(C)(c2ccc(OC(=O)C(C)(C)C)cc2)c2ccc(OC(=O)C(C)(C)C)cc2)cc1. The summed E-state index contributed by atoms with van der Waals surface area (Å²) in [6, 6.07) is 23.1. The van der Waals surface area contributed by atoms with Gasteiger partial charge in [-0.25, -0.2) is 0 Å². The number of hydrogen-bond donors (Lipinski definition) is 0. The minimum atomic E-state index is -0.589. The maximum Gasteiger partial charge on any atom is 0.316 e. The summed E-state index contributed by atoms with van der Waals surface area (Å²) >= 11 is 0. The number of carbonyl (C=O) groups is 2. The van der Waals surface area contributed by atoms with Gasteiger partial charge in [0.2, 0.25) is 0 Å². The van der Waals surface area contributed by atoms with Gasteiger partial charge < -0.3 is 14.2 Å². The van der Waals surface area contributed by atoms with Crippen molar-refractivity contribution in [2.24, 2.45) is 10.8 Å². The fourth-order valence-electron chi connectivity index (χ4n) is 3.66. The normalized spacial score (nSPS) is 12.1. The zero-order valence-corrected chi connectivity index (χ0v) is 22.5. The van der Waals surface area contributed by atoms with Crippen LogP contribution < -0.4 is 14.2 Å². The van der Waals surface area contributed by atoms with Gasteiger partial charge in [-0.2, -0.15) is 0 Å². The highest BCUT2D eigenvalue weighted by molar-refractivity contribution is 5.78. The molecular formula is C31H36O5. The summed E-state index contributed by atoms with van der Waals surface area (Å²) in [4.78, 5) is 24.6. The van der Waals surface area contributed by atoms with Crippen molar-refractivity contribution in [3.63, 3.8) is 0 Å². The Bertz CT molecular complexity index is 1120. The highest BCUT2D eigenvalue weighted by Crippen LogP contribution is 2.40. The van der Waals surface area contributed by atoms with Crippen molar-refractivity contribution in [1.82, 2.24) is 0 Å². The van der Waals surface area contributed by atoms with Crippen LogP contribution in [0.4, 0.5) is 0 Å². The highest BCUT2D eigenvalue weighted by atomic mass is 16.5. The van der Waals surface area contributed by atoms with E-state index in [9.17, 15) is 9.59 Å². The minimum Gasteiger partial charge on any atom is -0.497 e. The van der Waals surface area contributed by atoms with Crippen molar-refractivity contribution in [2.75, 3.05) is 7.11 Å². The Hall–Kier alpha value is -3.60. The van der Waals surface area contributed by atoms with Crippen LogP contribution in [-0.2, 0) is 15.0 Å². The van der Waals surface area contributed by atoms with Crippen molar-refractivity contribution >= 4 is 11.9 Å². The third-order valence-corrected chi connectivity index (χ3v) is 6.18. The monoisotopic (exact) mass is 488 g/mol. The van der Waals surface area contributed by atoms with Crippen LogP contribution >= 0.6 is 0 Å². The third-order valence-electron chi connectivity index (χ3n) is 6.18. The number of methoxy groups -OCH3 is 1. The van der Waals surface area contributed by atoms with Gasteiger partial charge in [0.25, 0.3) is 0 Å². The summed E-state index contributed by atoms with van der Waals surface area (Å²) in [6.45, 7) is 13.1. The predicted molar refractivity (Wildman–Crippen MR) is 142 cm³/mol. The maximum absolute atomic E-state index is 12.3. The van der Waals surface area contributed by atoms with E-state index in [0.717, 1.165) is 22.4 Å². The molecule has 0 bridgehead atoms. The molecule has 36 heavy (non-hydrogen) atoms. The summed E-state index contributed by atoms with van der Waals surface area (Å²) in [5, 5.41) is 0. The molecule has 0 saturated carbocycles. The lowest BCUT2D eigenvalue weighted by molar-refractivity contribution is -0.143. The summed E-state index contributed by atoms with van der Waals surface area (Å²) in [7, 11) is 1.64. The minimum absolute atomic E-state index is 0.284. The molecule has 0 spiro atoms. The number of benzene rings is 3. The zero-order chi connectivity index (χ0) is 26.7. The molecule has 5 heteroatoms. The second kappa shape index (κ2) is 10.2. The first-order valence-electron chi connectivity index (χ1n) is 12.1. The maximum atomic E-state index is 12.3. The molecule has 0 aliphatic heterocycles. The number of esters is 2. The Morgan fingerprint density at radius 1 is 0.500 bits per heavy atom. The van der Waals surface area contributed by atoms with Crippen LogP contribution in [0.25, 0.3) is 0 Å². The van der Waals surface area contributed by atoms with Crippen LogP contribution in [0.15, 0.2) is 72.8 Å². The number of ether oxygens (including phenoxy) is 3. The summed E-state index contributed by atoms with van der Waals surface area (Å²) in [5.74, 6) is 1.21. The topological polar surface area (TPSA) is 61.8 Å². The van der Waals surface area contributed by atoms with Gasteiger partial charge in [0.05, 0.1) is 17.9 Å². The van der Waals surface area contributed by atoms with Crippen LogP contribution in [0.1, 0.15) is 65.2 Å². The predicted octanol–water partition coefficient (Wildman–Crippen LogP) is 6.95. The van der Waals surface area contributed by atoms with Crippen molar-refractivity contribution in [1.29, 1.82) is 0 Å². The molecule has 0 atom stereocenters. The van der Waals surface area contributed by atoms with Gasteiger partial charge in [-0.05, 0) is 102 Å². The summed E-state index contributed by atoms with van der Waals surface area (Å²) in [5.41, 5.74) is 1.38. The molecule has 0 N–H and O–H groups in total. The van der Waals surface area contributed by atoms with Gasteiger partial charge in [-0.1, -0.05) is 36.4 Å². The second-order valence-electron chi connectivity index (χ2n) is 11.2. The molecule has 0 radical (unpaired) electrons. The molecule has 0 unspecified atom stereocenters. The quantitative estimate of drug-likeness (QED) is 0.213. The smallest absolute Gasteiger partial charge is 0.316 e. The fourth-order valence-corrected chi connectivity index (χ4v) is 3.66. The molecule has 3 aromatic carbocycles. The van der Waals surface area contributed by atoms with E-state index < -0.39 is 16.2 Å². The summed E-state index contributed by atoms with van der Waals surface area (Å²) in [6.07, 6.45) is 0. The van der Waals surface area contributed by atoms with E-state index in [-0.39, 0.29) is 11.9 Å². The van der Waals surface area contributed by atoms with E-state index >= 15 is 0 Å². The highest BCUT2D eigenvalue weighted by Gasteiger charge is 2.32. The molecule has 5 nitrogen and oxygen atoms in total. The lowest BCUT2D eigenvalue weighted by Gasteiger charge is -2.32. The lowest BCUT2D eigenvalue weighted by atomic mass is 9.71. The largest absolute Gasteiger partial charge is 0.497 e. The first-order chi connectivity index (χ1) is 16.7. The van der Waals surface area contributed by atoms with E-state index in [1.165, 1.54) is 0 Å². The fraction of sp³-hybridized carbons (Fsp3) is 0.355. The molecule has 3 aromatic rings. The molecule has 0 saturated heterocycles. The van der Waals surface area contributed by atoms with Gasteiger partial charge in [0.15, 0.2) is 0 Å². The summed E-state index contributed by atoms with van der Waals surface area (Å²) < 4.78 is 16.5. The van der Waals surface area contributed by atoms with Crippen LogP contribution in [-0.4, -0.2) is 19.0 Å². The molecule has 3 rings (SSSR count). The molecule has 0 aromatic heterocycles. The molecule has 190 valence electrons.